The first kappa shape index (κ1) is 11.7. The van der Waals surface area contributed by atoms with Gasteiger partial charge < -0.3 is 9.84 Å². The lowest BCUT2D eigenvalue weighted by Crippen LogP contribution is -2.01. The fourth-order valence-corrected chi connectivity index (χ4v) is 2.29. The van der Waals surface area contributed by atoms with Gasteiger partial charge in [0.15, 0.2) is 0 Å². The smallest absolute Gasteiger partial charge is 0.331 e. The predicted octanol–water partition coefficient (Wildman–Crippen LogP) is 2.80. The Hall–Kier alpha value is -1.77. The first-order valence-corrected chi connectivity index (χ1v) is 5.78. The number of aliphatic carboxylic acids is 1. The monoisotopic (exact) mass is 232 g/mol. The van der Waals surface area contributed by atoms with E-state index in [1.54, 1.807) is 7.11 Å². The molecule has 1 N–H and O–H groups in total. The molecule has 1 aromatic rings. The molecule has 3 heteroatoms. The highest BCUT2D eigenvalue weighted by atomic mass is 16.5. The first-order valence-electron chi connectivity index (χ1n) is 5.78. The Kier molecular flexibility index (Phi) is 3.47. The highest BCUT2D eigenvalue weighted by Gasteiger charge is 2.20. The number of ether oxygens (including phenoxy) is 1. The number of allylic oxidation sites excluding steroid dienone is 1. The topological polar surface area (TPSA) is 46.5 Å². The molecule has 0 amide bonds. The molecule has 0 atom stereocenters. The maximum atomic E-state index is 11.0. The molecule has 0 bridgehead atoms. The normalized spacial score (nSPS) is 15.1. The summed E-state index contributed by atoms with van der Waals surface area (Å²) in [6.45, 7) is 0. The van der Waals surface area contributed by atoms with Crippen molar-refractivity contribution in [3.63, 3.8) is 0 Å². The van der Waals surface area contributed by atoms with Gasteiger partial charge in [-0.15, -0.1) is 0 Å². The number of hydrogen-bond acceptors (Lipinski definition) is 2. The number of benzene rings is 1. The Morgan fingerprint density at radius 3 is 2.94 bits per heavy atom. The van der Waals surface area contributed by atoms with E-state index in [0.29, 0.717) is 12.0 Å². The largest absolute Gasteiger partial charge is 0.497 e. The molecule has 0 heterocycles. The van der Waals surface area contributed by atoms with Crippen LogP contribution >= 0.6 is 0 Å². The van der Waals surface area contributed by atoms with Gasteiger partial charge in [0.05, 0.1) is 7.11 Å². The fraction of sp³-hybridized carbons (Fsp3) is 0.357. The SMILES string of the molecule is COc1cccc(CC2=C(C(=O)O)CCC2)c1. The van der Waals surface area contributed by atoms with E-state index >= 15 is 0 Å². The summed E-state index contributed by atoms with van der Waals surface area (Å²) >= 11 is 0. The predicted molar refractivity (Wildman–Crippen MR) is 65.2 cm³/mol. The van der Waals surface area contributed by atoms with Gasteiger partial charge in [-0.05, 0) is 43.4 Å². The quantitative estimate of drug-likeness (QED) is 0.868. The lowest BCUT2D eigenvalue weighted by Gasteiger charge is -2.06. The van der Waals surface area contributed by atoms with Crippen molar-refractivity contribution in [2.45, 2.75) is 25.7 Å². The van der Waals surface area contributed by atoms with Gasteiger partial charge in [0, 0.05) is 5.57 Å². The van der Waals surface area contributed by atoms with Crippen LogP contribution in [0.2, 0.25) is 0 Å². The van der Waals surface area contributed by atoms with Gasteiger partial charge >= 0.3 is 5.97 Å². The summed E-state index contributed by atoms with van der Waals surface area (Å²) in [6, 6.07) is 7.80. The number of rotatable bonds is 4. The Bertz CT molecular complexity index is 460. The van der Waals surface area contributed by atoms with Crippen LogP contribution in [0.1, 0.15) is 24.8 Å². The van der Waals surface area contributed by atoms with Gasteiger partial charge in [-0.3, -0.25) is 0 Å². The lowest BCUT2D eigenvalue weighted by molar-refractivity contribution is -0.132. The van der Waals surface area contributed by atoms with Crippen molar-refractivity contribution in [1.82, 2.24) is 0 Å². The molecule has 2 rings (SSSR count). The molecule has 0 radical (unpaired) electrons. The average Bonchev–Trinajstić information content (AvgIpc) is 2.77. The Labute approximate surface area is 101 Å². The number of methoxy groups -OCH3 is 1. The Morgan fingerprint density at radius 2 is 2.24 bits per heavy atom. The van der Waals surface area contributed by atoms with Crippen LogP contribution in [-0.4, -0.2) is 18.2 Å². The minimum Gasteiger partial charge on any atom is -0.497 e. The third kappa shape index (κ3) is 2.67. The highest BCUT2D eigenvalue weighted by molar-refractivity contribution is 5.88. The van der Waals surface area contributed by atoms with Crippen molar-refractivity contribution in [2.75, 3.05) is 7.11 Å². The van der Waals surface area contributed by atoms with Gasteiger partial charge in [-0.1, -0.05) is 17.7 Å². The van der Waals surface area contributed by atoms with Crippen molar-refractivity contribution in [1.29, 1.82) is 0 Å². The van der Waals surface area contributed by atoms with Gasteiger partial charge in [0.2, 0.25) is 0 Å². The van der Waals surface area contributed by atoms with Crippen molar-refractivity contribution >= 4 is 5.97 Å². The van der Waals surface area contributed by atoms with E-state index in [2.05, 4.69) is 0 Å². The molecule has 0 saturated heterocycles. The van der Waals surface area contributed by atoms with Gasteiger partial charge in [0.1, 0.15) is 5.75 Å². The maximum absolute atomic E-state index is 11.0. The van der Waals surface area contributed by atoms with E-state index in [1.165, 1.54) is 0 Å². The summed E-state index contributed by atoms with van der Waals surface area (Å²) in [4.78, 5) is 11.0. The van der Waals surface area contributed by atoms with Crippen molar-refractivity contribution < 1.29 is 14.6 Å². The average molecular weight is 232 g/mol. The number of carboxylic acid groups (broad SMARTS) is 1. The third-order valence-corrected chi connectivity index (χ3v) is 3.14. The summed E-state index contributed by atoms with van der Waals surface area (Å²) in [5.74, 6) is 0.0540. The second kappa shape index (κ2) is 5.04. The minimum absolute atomic E-state index is 0.604. The molecule has 0 spiro atoms. The zero-order chi connectivity index (χ0) is 12.3. The van der Waals surface area contributed by atoms with E-state index in [-0.39, 0.29) is 0 Å². The van der Waals surface area contributed by atoms with E-state index in [0.717, 1.165) is 36.1 Å². The van der Waals surface area contributed by atoms with Crippen LogP contribution in [0.5, 0.6) is 5.75 Å². The van der Waals surface area contributed by atoms with Crippen LogP contribution in [0.25, 0.3) is 0 Å². The molecule has 3 nitrogen and oxygen atoms in total. The molecule has 0 aromatic heterocycles. The zero-order valence-corrected chi connectivity index (χ0v) is 9.90. The lowest BCUT2D eigenvalue weighted by atomic mass is 10.0. The molecule has 1 aliphatic carbocycles. The summed E-state index contributed by atoms with van der Waals surface area (Å²) in [6.07, 6.45) is 3.28. The van der Waals surface area contributed by atoms with Gasteiger partial charge in [-0.2, -0.15) is 0 Å². The van der Waals surface area contributed by atoms with Crippen LogP contribution in [0.15, 0.2) is 35.4 Å². The molecule has 1 aliphatic rings. The molecule has 90 valence electrons. The second-order valence-corrected chi connectivity index (χ2v) is 4.27. The van der Waals surface area contributed by atoms with Crippen LogP contribution in [0.4, 0.5) is 0 Å². The zero-order valence-electron chi connectivity index (χ0n) is 9.90. The second-order valence-electron chi connectivity index (χ2n) is 4.27. The van der Waals surface area contributed by atoms with Gasteiger partial charge in [-0.25, -0.2) is 4.79 Å². The van der Waals surface area contributed by atoms with E-state index < -0.39 is 5.97 Å². The first-order chi connectivity index (χ1) is 8.20. The summed E-state index contributed by atoms with van der Waals surface area (Å²) in [7, 11) is 1.64. The number of carboxylic acids is 1. The Morgan fingerprint density at radius 1 is 1.41 bits per heavy atom. The van der Waals surface area contributed by atoms with Crippen LogP contribution in [0, 0.1) is 0 Å². The summed E-state index contributed by atoms with van der Waals surface area (Å²) < 4.78 is 5.16. The van der Waals surface area contributed by atoms with E-state index in [9.17, 15) is 4.79 Å². The summed E-state index contributed by atoms with van der Waals surface area (Å²) in [5, 5.41) is 9.08. The van der Waals surface area contributed by atoms with Crippen LogP contribution in [0.3, 0.4) is 0 Å². The molecule has 17 heavy (non-hydrogen) atoms. The van der Waals surface area contributed by atoms with E-state index in [4.69, 9.17) is 9.84 Å². The summed E-state index contributed by atoms with van der Waals surface area (Å²) in [5.41, 5.74) is 2.78. The number of carbonyl (C=O) groups is 1. The molecular weight excluding hydrogens is 216 g/mol. The standard InChI is InChI=1S/C14H16O3/c1-17-12-6-2-4-10(9-12)8-11-5-3-7-13(11)14(15)16/h2,4,6,9H,3,5,7-8H2,1H3,(H,15,16). The van der Waals surface area contributed by atoms with Gasteiger partial charge in [0.25, 0.3) is 0 Å². The van der Waals surface area contributed by atoms with Crippen molar-refractivity contribution in [3.05, 3.63) is 41.0 Å². The van der Waals surface area contributed by atoms with E-state index in [1.807, 2.05) is 24.3 Å². The van der Waals surface area contributed by atoms with Crippen LogP contribution < -0.4 is 4.74 Å². The fourth-order valence-electron chi connectivity index (χ4n) is 2.29. The minimum atomic E-state index is -0.764. The highest BCUT2D eigenvalue weighted by Crippen LogP contribution is 2.29. The van der Waals surface area contributed by atoms with Crippen molar-refractivity contribution in [3.8, 4) is 5.75 Å². The third-order valence-electron chi connectivity index (χ3n) is 3.14. The Balaban J connectivity index is 2.20. The molecule has 0 unspecified atom stereocenters. The van der Waals surface area contributed by atoms with Crippen LogP contribution in [-0.2, 0) is 11.2 Å². The molecule has 0 fully saturated rings. The molecular formula is C14H16O3. The maximum Gasteiger partial charge on any atom is 0.331 e. The molecule has 0 saturated carbocycles. The van der Waals surface area contributed by atoms with Crippen molar-refractivity contribution in [2.24, 2.45) is 0 Å². The number of hydrogen-bond donors (Lipinski definition) is 1. The molecule has 0 aliphatic heterocycles. The molecule has 1 aromatic carbocycles.